The van der Waals surface area contributed by atoms with Crippen molar-refractivity contribution in [2.75, 3.05) is 12.3 Å². The molecule has 1 aromatic heterocycles. The van der Waals surface area contributed by atoms with Crippen molar-refractivity contribution in [3.63, 3.8) is 0 Å². The van der Waals surface area contributed by atoms with E-state index in [1.807, 2.05) is 0 Å². The van der Waals surface area contributed by atoms with Crippen molar-refractivity contribution in [1.82, 2.24) is 4.98 Å². The van der Waals surface area contributed by atoms with E-state index in [1.54, 1.807) is 55.5 Å². The lowest BCUT2D eigenvalue weighted by atomic mass is 10.1. The van der Waals surface area contributed by atoms with Gasteiger partial charge in [0.1, 0.15) is 22.8 Å². The number of hydrogen-bond donors (Lipinski definition) is 1. The number of nitrogens with two attached hydrogens (primary N) is 1. The van der Waals surface area contributed by atoms with E-state index < -0.39 is 5.97 Å². The smallest absolute Gasteiger partial charge is 0.341 e. The minimum absolute atomic E-state index is 0.0464. The average molecular weight is 415 g/mol. The van der Waals surface area contributed by atoms with Crippen LogP contribution in [0.4, 0.5) is 17.2 Å². The van der Waals surface area contributed by atoms with Crippen LogP contribution in [0.3, 0.4) is 0 Å². The Bertz CT molecular complexity index is 1040. The third-order valence-electron chi connectivity index (χ3n) is 3.73. The number of benzene rings is 2. The standard InChI is InChI=1S/C20H16Cl2N4O2/c1-2-28-20(27)16-11-17(26-25-15-5-3-4-14(22)10-15)18(24-19(16)23)12-6-8-13(21)9-7-12/h3-11H,2H2,1H3,(H2,23,24). The number of hydrogen-bond acceptors (Lipinski definition) is 6. The van der Waals surface area contributed by atoms with Crippen molar-refractivity contribution in [2.24, 2.45) is 10.2 Å². The monoisotopic (exact) mass is 414 g/mol. The summed E-state index contributed by atoms with van der Waals surface area (Å²) in [5.74, 6) is -0.528. The molecule has 0 bridgehead atoms. The molecule has 0 aliphatic heterocycles. The van der Waals surface area contributed by atoms with Gasteiger partial charge in [0, 0.05) is 15.6 Å². The summed E-state index contributed by atoms with van der Waals surface area (Å²) in [5.41, 5.74) is 8.23. The first-order valence-electron chi connectivity index (χ1n) is 8.39. The Kier molecular flexibility index (Phi) is 6.23. The van der Waals surface area contributed by atoms with Crippen LogP contribution in [0.2, 0.25) is 10.0 Å². The predicted octanol–water partition coefficient (Wildman–Crippen LogP) is 6.23. The molecule has 0 atom stereocenters. The summed E-state index contributed by atoms with van der Waals surface area (Å²) in [6.45, 7) is 1.93. The summed E-state index contributed by atoms with van der Waals surface area (Å²) in [7, 11) is 0. The van der Waals surface area contributed by atoms with Crippen LogP contribution in [0.5, 0.6) is 0 Å². The molecular weight excluding hydrogens is 399 g/mol. The molecule has 28 heavy (non-hydrogen) atoms. The zero-order valence-corrected chi connectivity index (χ0v) is 16.4. The van der Waals surface area contributed by atoms with Crippen LogP contribution in [-0.2, 0) is 4.74 Å². The first-order chi connectivity index (χ1) is 13.5. The summed E-state index contributed by atoms with van der Waals surface area (Å²) in [5, 5.41) is 9.59. The quantitative estimate of drug-likeness (QED) is 0.395. The third-order valence-corrected chi connectivity index (χ3v) is 4.21. The van der Waals surface area contributed by atoms with Gasteiger partial charge in [0.2, 0.25) is 0 Å². The maximum Gasteiger partial charge on any atom is 0.341 e. The number of carbonyl (C=O) groups is 1. The maximum absolute atomic E-state index is 12.2. The van der Waals surface area contributed by atoms with Gasteiger partial charge in [-0.2, -0.15) is 5.11 Å². The summed E-state index contributed by atoms with van der Waals surface area (Å²) in [6.07, 6.45) is 0. The van der Waals surface area contributed by atoms with Gasteiger partial charge in [-0.3, -0.25) is 0 Å². The van der Waals surface area contributed by atoms with Crippen LogP contribution >= 0.6 is 23.2 Å². The molecule has 0 saturated carbocycles. The van der Waals surface area contributed by atoms with E-state index in [1.165, 1.54) is 6.07 Å². The molecule has 2 N–H and O–H groups in total. The number of esters is 1. The van der Waals surface area contributed by atoms with Crippen molar-refractivity contribution in [2.45, 2.75) is 6.92 Å². The molecule has 3 rings (SSSR count). The molecule has 6 nitrogen and oxygen atoms in total. The largest absolute Gasteiger partial charge is 0.462 e. The fraction of sp³-hybridized carbons (Fsp3) is 0.100. The topological polar surface area (TPSA) is 89.9 Å². The van der Waals surface area contributed by atoms with Gasteiger partial charge in [-0.05, 0) is 43.3 Å². The van der Waals surface area contributed by atoms with Crippen LogP contribution in [0.1, 0.15) is 17.3 Å². The molecule has 0 aliphatic rings. The Labute approximate surface area is 172 Å². The molecular formula is C20H16Cl2N4O2. The highest BCUT2D eigenvalue weighted by molar-refractivity contribution is 6.31. The van der Waals surface area contributed by atoms with Crippen LogP contribution in [0, 0.1) is 0 Å². The van der Waals surface area contributed by atoms with Gasteiger partial charge in [0.25, 0.3) is 0 Å². The SMILES string of the molecule is CCOC(=O)c1cc(N=Nc2cccc(Cl)c2)c(-c2ccc(Cl)cc2)nc1N. The molecule has 0 fully saturated rings. The van der Waals surface area contributed by atoms with Gasteiger partial charge in [0.05, 0.1) is 12.3 Å². The zero-order valence-electron chi connectivity index (χ0n) is 14.9. The Morgan fingerprint density at radius 1 is 1.07 bits per heavy atom. The maximum atomic E-state index is 12.2. The van der Waals surface area contributed by atoms with E-state index in [0.29, 0.717) is 27.1 Å². The summed E-state index contributed by atoms with van der Waals surface area (Å²) >= 11 is 12.0. The number of azo groups is 1. The molecule has 0 spiro atoms. The van der Waals surface area contributed by atoms with E-state index in [2.05, 4.69) is 15.2 Å². The summed E-state index contributed by atoms with van der Waals surface area (Å²) in [4.78, 5) is 16.5. The van der Waals surface area contributed by atoms with E-state index in [4.69, 9.17) is 33.7 Å². The predicted molar refractivity (Wildman–Crippen MR) is 111 cm³/mol. The number of halogens is 2. The number of pyridine rings is 1. The highest BCUT2D eigenvalue weighted by Gasteiger charge is 2.18. The summed E-state index contributed by atoms with van der Waals surface area (Å²) < 4.78 is 5.04. The normalized spacial score (nSPS) is 11.0. The fourth-order valence-corrected chi connectivity index (χ4v) is 2.75. The number of anilines is 1. The van der Waals surface area contributed by atoms with Gasteiger partial charge in [-0.25, -0.2) is 9.78 Å². The molecule has 0 aliphatic carbocycles. The molecule has 2 aromatic carbocycles. The second kappa shape index (κ2) is 8.82. The van der Waals surface area contributed by atoms with Gasteiger partial charge in [-0.1, -0.05) is 41.4 Å². The number of ether oxygens (including phenoxy) is 1. The second-order valence-electron chi connectivity index (χ2n) is 5.70. The minimum Gasteiger partial charge on any atom is -0.462 e. The molecule has 0 radical (unpaired) electrons. The lowest BCUT2D eigenvalue weighted by molar-refractivity contribution is 0.0527. The van der Waals surface area contributed by atoms with Crippen LogP contribution in [0.15, 0.2) is 64.8 Å². The van der Waals surface area contributed by atoms with Crippen molar-refractivity contribution in [1.29, 1.82) is 0 Å². The van der Waals surface area contributed by atoms with E-state index in [0.717, 1.165) is 5.56 Å². The molecule has 3 aromatic rings. The molecule has 0 saturated heterocycles. The minimum atomic E-state index is -0.575. The summed E-state index contributed by atoms with van der Waals surface area (Å²) in [6, 6.07) is 15.5. The van der Waals surface area contributed by atoms with Gasteiger partial charge in [-0.15, -0.1) is 5.11 Å². The van der Waals surface area contributed by atoms with Gasteiger partial charge < -0.3 is 10.5 Å². The highest BCUT2D eigenvalue weighted by atomic mass is 35.5. The molecule has 0 amide bonds. The lowest BCUT2D eigenvalue weighted by Crippen LogP contribution is -2.09. The third kappa shape index (κ3) is 4.65. The Morgan fingerprint density at radius 2 is 1.82 bits per heavy atom. The van der Waals surface area contributed by atoms with E-state index in [9.17, 15) is 4.79 Å². The molecule has 8 heteroatoms. The van der Waals surface area contributed by atoms with Gasteiger partial charge in [0.15, 0.2) is 0 Å². The molecule has 0 unspecified atom stereocenters. The van der Waals surface area contributed by atoms with E-state index >= 15 is 0 Å². The van der Waals surface area contributed by atoms with Crippen molar-refractivity contribution in [3.8, 4) is 11.3 Å². The number of carbonyl (C=O) groups excluding carboxylic acids is 1. The van der Waals surface area contributed by atoms with Gasteiger partial charge >= 0.3 is 5.97 Å². The Morgan fingerprint density at radius 3 is 2.50 bits per heavy atom. The van der Waals surface area contributed by atoms with Crippen molar-refractivity contribution < 1.29 is 9.53 Å². The zero-order chi connectivity index (χ0) is 20.1. The Hall–Kier alpha value is -2.96. The second-order valence-corrected chi connectivity index (χ2v) is 6.57. The van der Waals surface area contributed by atoms with Crippen LogP contribution in [0.25, 0.3) is 11.3 Å². The number of nitrogens with zero attached hydrogens (tertiary/aromatic N) is 3. The highest BCUT2D eigenvalue weighted by Crippen LogP contribution is 2.34. The lowest BCUT2D eigenvalue weighted by Gasteiger charge is -2.10. The average Bonchev–Trinajstić information content (AvgIpc) is 2.67. The number of nitrogen functional groups attached to an aromatic ring is 1. The first kappa shape index (κ1) is 19.8. The van der Waals surface area contributed by atoms with Crippen LogP contribution < -0.4 is 5.73 Å². The molecule has 142 valence electrons. The fourth-order valence-electron chi connectivity index (χ4n) is 2.44. The van der Waals surface area contributed by atoms with Crippen LogP contribution in [-0.4, -0.2) is 17.6 Å². The number of rotatable bonds is 5. The van der Waals surface area contributed by atoms with Crippen molar-refractivity contribution >= 4 is 46.4 Å². The number of aromatic nitrogens is 1. The Balaban J connectivity index is 2.11. The van der Waals surface area contributed by atoms with Crippen molar-refractivity contribution in [3.05, 3.63) is 70.2 Å². The first-order valence-corrected chi connectivity index (χ1v) is 9.14. The molecule has 1 heterocycles. The van der Waals surface area contributed by atoms with E-state index in [-0.39, 0.29) is 18.0 Å².